The number of hydrogen-bond acceptors (Lipinski definition) is 4. The summed E-state index contributed by atoms with van der Waals surface area (Å²) >= 11 is 0. The van der Waals surface area contributed by atoms with E-state index in [4.69, 9.17) is 11.5 Å². The molecule has 0 aromatic carbocycles. The molecule has 1 rings (SSSR count). The lowest BCUT2D eigenvalue weighted by Crippen LogP contribution is -2.47. The zero-order chi connectivity index (χ0) is 13.0. The van der Waals surface area contributed by atoms with E-state index in [0.717, 1.165) is 0 Å². The lowest BCUT2D eigenvalue weighted by atomic mass is 10.0. The highest BCUT2D eigenvalue weighted by Crippen LogP contribution is 2.04. The minimum absolute atomic E-state index is 0.0856. The zero-order valence-electron chi connectivity index (χ0n) is 9.81. The number of carbonyl (C=O) groups is 2. The van der Waals surface area contributed by atoms with Gasteiger partial charge < -0.3 is 16.8 Å². The zero-order valence-corrected chi connectivity index (χ0v) is 9.81. The van der Waals surface area contributed by atoms with Crippen molar-refractivity contribution in [2.24, 2.45) is 11.7 Å². The number of anilines is 1. The number of nitrogen functional groups attached to an aromatic ring is 1. The van der Waals surface area contributed by atoms with E-state index in [0.29, 0.717) is 0 Å². The van der Waals surface area contributed by atoms with Gasteiger partial charge in [0.25, 0.3) is 5.91 Å². The Morgan fingerprint density at radius 1 is 1.35 bits per heavy atom. The van der Waals surface area contributed by atoms with Gasteiger partial charge in [-0.05, 0) is 18.1 Å². The van der Waals surface area contributed by atoms with Crippen LogP contribution in [0, 0.1) is 5.92 Å². The molecule has 6 nitrogen and oxygen atoms in total. The Morgan fingerprint density at radius 3 is 2.47 bits per heavy atom. The summed E-state index contributed by atoms with van der Waals surface area (Å²) in [6.45, 7) is 3.59. The minimum Gasteiger partial charge on any atom is -0.384 e. The molecule has 0 aliphatic rings. The molecule has 2 amide bonds. The van der Waals surface area contributed by atoms with Crippen LogP contribution in [0.4, 0.5) is 5.82 Å². The number of amides is 2. The van der Waals surface area contributed by atoms with Gasteiger partial charge in [0.05, 0.1) is 0 Å². The van der Waals surface area contributed by atoms with Crippen LogP contribution in [0.5, 0.6) is 0 Å². The maximum Gasteiger partial charge on any atom is 0.270 e. The van der Waals surface area contributed by atoms with Crippen molar-refractivity contribution in [1.82, 2.24) is 10.3 Å². The summed E-state index contributed by atoms with van der Waals surface area (Å²) in [4.78, 5) is 26.8. The molecule has 1 aromatic heterocycles. The van der Waals surface area contributed by atoms with E-state index in [9.17, 15) is 9.59 Å². The molecule has 0 bridgehead atoms. The first-order chi connectivity index (χ1) is 7.91. The van der Waals surface area contributed by atoms with E-state index in [1.807, 2.05) is 0 Å². The van der Waals surface area contributed by atoms with E-state index in [1.165, 1.54) is 6.07 Å². The normalized spacial score (nSPS) is 12.2. The molecule has 0 saturated carbocycles. The van der Waals surface area contributed by atoms with Crippen molar-refractivity contribution in [3.63, 3.8) is 0 Å². The average Bonchev–Trinajstić information content (AvgIpc) is 2.24. The fourth-order valence-corrected chi connectivity index (χ4v) is 1.36. The molecule has 0 aliphatic heterocycles. The fraction of sp³-hybridized carbons (Fsp3) is 0.364. The topological polar surface area (TPSA) is 111 Å². The highest BCUT2D eigenvalue weighted by molar-refractivity contribution is 5.96. The lowest BCUT2D eigenvalue weighted by molar-refractivity contribution is -0.120. The van der Waals surface area contributed by atoms with Crippen LogP contribution in [0.15, 0.2) is 18.2 Å². The average molecular weight is 236 g/mol. The van der Waals surface area contributed by atoms with Crippen molar-refractivity contribution in [3.05, 3.63) is 23.9 Å². The van der Waals surface area contributed by atoms with Crippen LogP contribution < -0.4 is 16.8 Å². The summed E-state index contributed by atoms with van der Waals surface area (Å²) in [6, 6.07) is 3.99. The number of primary amides is 1. The van der Waals surface area contributed by atoms with Crippen LogP contribution >= 0.6 is 0 Å². The predicted molar refractivity (Wildman–Crippen MR) is 63.9 cm³/mol. The van der Waals surface area contributed by atoms with Gasteiger partial charge in [-0.25, -0.2) is 4.98 Å². The van der Waals surface area contributed by atoms with Gasteiger partial charge in [0, 0.05) is 0 Å². The summed E-state index contributed by atoms with van der Waals surface area (Å²) in [7, 11) is 0. The molecule has 1 atom stereocenters. The highest BCUT2D eigenvalue weighted by atomic mass is 16.2. The Labute approximate surface area is 99.4 Å². The van der Waals surface area contributed by atoms with Gasteiger partial charge in [0.1, 0.15) is 17.6 Å². The second-order valence-corrected chi connectivity index (χ2v) is 4.05. The summed E-state index contributed by atoms with van der Waals surface area (Å²) in [5.74, 6) is -0.873. The number of carbonyl (C=O) groups excluding carboxylic acids is 2. The number of nitrogens with one attached hydrogen (secondary N) is 1. The quantitative estimate of drug-likeness (QED) is 0.678. The molecule has 0 fully saturated rings. The van der Waals surface area contributed by atoms with Crippen molar-refractivity contribution in [1.29, 1.82) is 0 Å². The van der Waals surface area contributed by atoms with Crippen LogP contribution in [0.2, 0.25) is 0 Å². The van der Waals surface area contributed by atoms with Gasteiger partial charge in [-0.1, -0.05) is 19.9 Å². The van der Waals surface area contributed by atoms with Gasteiger partial charge in [-0.3, -0.25) is 9.59 Å². The Bertz CT molecular complexity index is 431. The number of pyridine rings is 1. The fourth-order valence-electron chi connectivity index (χ4n) is 1.36. The molecule has 5 N–H and O–H groups in total. The number of aromatic nitrogens is 1. The van der Waals surface area contributed by atoms with Crippen molar-refractivity contribution < 1.29 is 9.59 Å². The summed E-state index contributed by atoms with van der Waals surface area (Å²) in [6.07, 6.45) is 0. The molecule has 6 heteroatoms. The highest BCUT2D eigenvalue weighted by Gasteiger charge is 2.22. The first kappa shape index (κ1) is 13.0. The van der Waals surface area contributed by atoms with E-state index in [2.05, 4.69) is 10.3 Å². The number of rotatable bonds is 4. The van der Waals surface area contributed by atoms with Crippen molar-refractivity contribution in [2.45, 2.75) is 19.9 Å². The molecule has 92 valence electrons. The van der Waals surface area contributed by atoms with Crippen LogP contribution in [0.3, 0.4) is 0 Å². The summed E-state index contributed by atoms with van der Waals surface area (Å²) in [5.41, 5.74) is 10.8. The predicted octanol–water partition coefficient (Wildman–Crippen LogP) is -0.0965. The Hall–Kier alpha value is -2.11. The van der Waals surface area contributed by atoms with Crippen molar-refractivity contribution >= 4 is 17.6 Å². The smallest absolute Gasteiger partial charge is 0.270 e. The van der Waals surface area contributed by atoms with Gasteiger partial charge in [0.15, 0.2) is 0 Å². The van der Waals surface area contributed by atoms with Crippen LogP contribution in [0.25, 0.3) is 0 Å². The maximum atomic E-state index is 11.8. The standard InChI is InChI=1S/C11H16N4O2/c1-6(2)9(10(13)16)15-11(17)7-4-3-5-8(12)14-7/h3-6,9H,1-2H3,(H2,12,14)(H2,13,16)(H,15,17). The van der Waals surface area contributed by atoms with Crippen LogP contribution in [-0.4, -0.2) is 22.8 Å². The van der Waals surface area contributed by atoms with Gasteiger partial charge in [0.2, 0.25) is 5.91 Å². The largest absolute Gasteiger partial charge is 0.384 e. The van der Waals surface area contributed by atoms with Crippen molar-refractivity contribution in [2.75, 3.05) is 5.73 Å². The second-order valence-electron chi connectivity index (χ2n) is 4.05. The number of nitrogens with zero attached hydrogens (tertiary/aromatic N) is 1. The summed E-state index contributed by atoms with van der Waals surface area (Å²) in [5, 5.41) is 2.53. The molecule has 1 heterocycles. The lowest BCUT2D eigenvalue weighted by Gasteiger charge is -2.18. The third-order valence-electron chi connectivity index (χ3n) is 2.26. The SMILES string of the molecule is CC(C)C(NC(=O)c1cccc(N)n1)C(N)=O. The van der Waals surface area contributed by atoms with Crippen LogP contribution in [0.1, 0.15) is 24.3 Å². The first-order valence-electron chi connectivity index (χ1n) is 5.24. The van der Waals surface area contributed by atoms with E-state index < -0.39 is 17.9 Å². The van der Waals surface area contributed by atoms with Gasteiger partial charge in [-0.15, -0.1) is 0 Å². The number of nitrogens with two attached hydrogens (primary N) is 2. The minimum atomic E-state index is -0.717. The maximum absolute atomic E-state index is 11.8. The molecule has 17 heavy (non-hydrogen) atoms. The number of hydrogen-bond donors (Lipinski definition) is 3. The third-order valence-corrected chi connectivity index (χ3v) is 2.26. The molecule has 1 aromatic rings. The Kier molecular flexibility index (Phi) is 4.03. The molecule has 1 unspecified atom stereocenters. The molecule has 0 aliphatic carbocycles. The summed E-state index contributed by atoms with van der Waals surface area (Å²) < 4.78 is 0. The van der Waals surface area contributed by atoms with Crippen LogP contribution in [-0.2, 0) is 4.79 Å². The van der Waals surface area contributed by atoms with Crippen molar-refractivity contribution in [3.8, 4) is 0 Å². The molecule has 0 spiro atoms. The first-order valence-corrected chi connectivity index (χ1v) is 5.24. The van der Waals surface area contributed by atoms with E-state index in [-0.39, 0.29) is 17.4 Å². The monoisotopic (exact) mass is 236 g/mol. The molecular formula is C11H16N4O2. The molecule has 0 saturated heterocycles. The Balaban J connectivity index is 2.81. The Morgan fingerprint density at radius 2 is 2.00 bits per heavy atom. The molecule has 0 radical (unpaired) electrons. The van der Waals surface area contributed by atoms with Gasteiger partial charge >= 0.3 is 0 Å². The van der Waals surface area contributed by atoms with E-state index in [1.54, 1.807) is 26.0 Å². The second kappa shape index (κ2) is 5.29. The molecular weight excluding hydrogens is 220 g/mol. The third kappa shape index (κ3) is 3.44. The van der Waals surface area contributed by atoms with Gasteiger partial charge in [-0.2, -0.15) is 0 Å². The van der Waals surface area contributed by atoms with E-state index >= 15 is 0 Å².